The minimum absolute atomic E-state index is 0.0556. The Hall–Kier alpha value is -1.88. The first kappa shape index (κ1) is 10.6. The van der Waals surface area contributed by atoms with Crippen molar-refractivity contribution in [3.05, 3.63) is 29.3 Å². The van der Waals surface area contributed by atoms with Crippen LogP contribution in [0, 0.1) is 0 Å². The zero-order chi connectivity index (χ0) is 11.7. The highest BCUT2D eigenvalue weighted by molar-refractivity contribution is 6.71. The average Bonchev–Trinajstić information content (AvgIpc) is 2.54. The lowest BCUT2D eigenvalue weighted by Crippen LogP contribution is -2.27. The summed E-state index contributed by atoms with van der Waals surface area (Å²) in [7, 11) is 0. The van der Waals surface area contributed by atoms with E-state index in [0.29, 0.717) is 16.4 Å². The number of nitrogens with zero attached hydrogens (tertiary/aromatic N) is 3. The van der Waals surface area contributed by atoms with Gasteiger partial charge in [0.05, 0.1) is 11.4 Å². The summed E-state index contributed by atoms with van der Waals surface area (Å²) in [5, 5.41) is 17.2. The predicted octanol–water partition coefficient (Wildman–Crippen LogP) is 1.89. The lowest BCUT2D eigenvalue weighted by atomic mass is 10.2. The second-order valence-electron chi connectivity index (χ2n) is 3.23. The molecule has 1 heterocycles. The fraction of sp³-hybridized carbons (Fsp3) is 0.100. The van der Waals surface area contributed by atoms with Crippen molar-refractivity contribution >= 4 is 34.6 Å². The van der Waals surface area contributed by atoms with Crippen LogP contribution in [0.2, 0.25) is 5.02 Å². The molecule has 0 atom stereocenters. The van der Waals surface area contributed by atoms with E-state index in [4.69, 9.17) is 16.8 Å². The zero-order valence-corrected chi connectivity index (χ0v) is 9.14. The highest BCUT2D eigenvalue weighted by Crippen LogP contribution is 2.22. The van der Waals surface area contributed by atoms with Gasteiger partial charge in [0.15, 0.2) is 5.71 Å². The Kier molecular flexibility index (Phi) is 2.62. The molecule has 5 nitrogen and oxygen atoms in total. The topological polar surface area (TPSA) is 65.3 Å². The predicted molar refractivity (Wildman–Crippen MR) is 61.3 cm³/mol. The lowest BCUT2D eigenvalue weighted by Gasteiger charge is -2.10. The Labute approximate surface area is 96.6 Å². The van der Waals surface area contributed by atoms with Crippen LogP contribution in [0.5, 0.6) is 0 Å². The summed E-state index contributed by atoms with van der Waals surface area (Å²) < 4.78 is 0. The van der Waals surface area contributed by atoms with Crippen molar-refractivity contribution in [1.82, 2.24) is 0 Å². The second kappa shape index (κ2) is 3.94. The van der Waals surface area contributed by atoms with Gasteiger partial charge in [-0.05, 0) is 25.1 Å². The normalized spacial score (nSPS) is 18.1. The molecule has 2 rings (SSSR count). The molecule has 1 aliphatic rings. The fourth-order valence-electron chi connectivity index (χ4n) is 1.40. The number of hydrogen-bond acceptors (Lipinski definition) is 4. The van der Waals surface area contributed by atoms with Gasteiger partial charge in [0, 0.05) is 5.02 Å². The van der Waals surface area contributed by atoms with Crippen molar-refractivity contribution in [2.75, 3.05) is 5.01 Å². The van der Waals surface area contributed by atoms with Crippen LogP contribution in [0.3, 0.4) is 0 Å². The number of benzene rings is 1. The molecule has 0 unspecified atom stereocenters. The molecule has 1 N–H and O–H groups in total. The molecule has 6 heteroatoms. The fourth-order valence-corrected chi connectivity index (χ4v) is 1.58. The Bertz CT molecular complexity index is 511. The number of hydrogen-bond donors (Lipinski definition) is 1. The molecule has 0 saturated carbocycles. The highest BCUT2D eigenvalue weighted by atomic mass is 35.5. The van der Waals surface area contributed by atoms with Crippen LogP contribution >= 0.6 is 11.6 Å². The maximum Gasteiger partial charge on any atom is 0.302 e. The summed E-state index contributed by atoms with van der Waals surface area (Å²) in [5.74, 6) is -0.470. The summed E-state index contributed by atoms with van der Waals surface area (Å²) in [4.78, 5) is 11.7. The number of amides is 1. The smallest absolute Gasteiger partial charge is 0.302 e. The first-order chi connectivity index (χ1) is 7.63. The number of halogens is 1. The van der Waals surface area contributed by atoms with Gasteiger partial charge in [-0.3, -0.25) is 4.79 Å². The van der Waals surface area contributed by atoms with Crippen LogP contribution in [0.4, 0.5) is 5.69 Å². The molecule has 0 fully saturated rings. The standard InChI is InChI=1S/C10H8ClN3O2/c1-6-9(13-16)10(15)14(12-6)8-4-2-3-7(11)5-8/h2-5,16H,1H3. The van der Waals surface area contributed by atoms with Gasteiger partial charge in [-0.15, -0.1) is 0 Å². The lowest BCUT2D eigenvalue weighted by molar-refractivity contribution is -0.112. The molecule has 0 aromatic heterocycles. The molecular formula is C10H8ClN3O2. The molecule has 0 spiro atoms. The van der Waals surface area contributed by atoms with E-state index in [1.54, 1.807) is 31.2 Å². The van der Waals surface area contributed by atoms with Crippen molar-refractivity contribution in [3.8, 4) is 0 Å². The molecule has 1 aliphatic heterocycles. The van der Waals surface area contributed by atoms with Gasteiger partial charge < -0.3 is 5.21 Å². The van der Waals surface area contributed by atoms with E-state index in [1.807, 2.05) is 0 Å². The van der Waals surface area contributed by atoms with Crippen molar-refractivity contribution in [1.29, 1.82) is 0 Å². The number of rotatable bonds is 1. The number of anilines is 1. The zero-order valence-electron chi connectivity index (χ0n) is 8.38. The molecule has 16 heavy (non-hydrogen) atoms. The van der Waals surface area contributed by atoms with E-state index >= 15 is 0 Å². The minimum Gasteiger partial charge on any atom is -0.410 e. The van der Waals surface area contributed by atoms with Gasteiger partial charge in [-0.2, -0.15) is 10.1 Å². The van der Waals surface area contributed by atoms with Crippen LogP contribution in [-0.2, 0) is 4.79 Å². The molecule has 0 saturated heterocycles. The molecule has 0 radical (unpaired) electrons. The van der Waals surface area contributed by atoms with Crippen LogP contribution < -0.4 is 5.01 Å². The summed E-state index contributed by atoms with van der Waals surface area (Å²) in [6, 6.07) is 6.71. The monoisotopic (exact) mass is 237 g/mol. The van der Waals surface area contributed by atoms with Crippen LogP contribution in [0.1, 0.15) is 6.92 Å². The number of oxime groups is 1. The largest absolute Gasteiger partial charge is 0.410 e. The quantitative estimate of drug-likeness (QED) is 0.599. The summed E-state index contributed by atoms with van der Waals surface area (Å²) in [6.07, 6.45) is 0. The Morgan fingerprint density at radius 2 is 2.25 bits per heavy atom. The summed E-state index contributed by atoms with van der Waals surface area (Å²) >= 11 is 5.81. The van der Waals surface area contributed by atoms with Crippen molar-refractivity contribution in [3.63, 3.8) is 0 Å². The van der Waals surface area contributed by atoms with E-state index < -0.39 is 5.91 Å². The minimum atomic E-state index is -0.470. The van der Waals surface area contributed by atoms with Gasteiger partial charge >= 0.3 is 5.91 Å². The Balaban J connectivity index is 2.42. The van der Waals surface area contributed by atoms with E-state index in [0.717, 1.165) is 5.01 Å². The van der Waals surface area contributed by atoms with E-state index in [1.165, 1.54) is 0 Å². The van der Waals surface area contributed by atoms with E-state index in [2.05, 4.69) is 10.3 Å². The van der Waals surface area contributed by atoms with Gasteiger partial charge in [0.25, 0.3) is 0 Å². The maximum atomic E-state index is 11.7. The first-order valence-corrected chi connectivity index (χ1v) is 4.89. The van der Waals surface area contributed by atoms with Gasteiger partial charge in [0.2, 0.25) is 0 Å². The van der Waals surface area contributed by atoms with Crippen molar-refractivity contribution in [2.24, 2.45) is 10.3 Å². The average molecular weight is 238 g/mol. The Morgan fingerprint density at radius 3 is 2.81 bits per heavy atom. The van der Waals surface area contributed by atoms with Gasteiger partial charge in [0.1, 0.15) is 0 Å². The molecular weight excluding hydrogens is 230 g/mol. The molecule has 1 amide bonds. The Morgan fingerprint density at radius 1 is 1.50 bits per heavy atom. The first-order valence-electron chi connectivity index (χ1n) is 4.51. The molecule has 0 aliphatic carbocycles. The molecule has 1 aromatic carbocycles. The molecule has 1 aromatic rings. The third kappa shape index (κ3) is 1.65. The molecule has 82 valence electrons. The number of hydrazone groups is 1. The number of carbonyl (C=O) groups is 1. The summed E-state index contributed by atoms with van der Waals surface area (Å²) in [6.45, 7) is 1.59. The molecule has 0 bridgehead atoms. The highest BCUT2D eigenvalue weighted by Gasteiger charge is 2.30. The van der Waals surface area contributed by atoms with Gasteiger partial charge in [-0.25, -0.2) is 0 Å². The second-order valence-corrected chi connectivity index (χ2v) is 3.67. The van der Waals surface area contributed by atoms with Crippen LogP contribution in [-0.4, -0.2) is 22.5 Å². The third-order valence-electron chi connectivity index (χ3n) is 2.14. The van der Waals surface area contributed by atoms with Crippen molar-refractivity contribution in [2.45, 2.75) is 6.92 Å². The third-order valence-corrected chi connectivity index (χ3v) is 2.38. The van der Waals surface area contributed by atoms with E-state index in [-0.39, 0.29) is 5.71 Å². The summed E-state index contributed by atoms with van der Waals surface area (Å²) in [5.41, 5.74) is 0.850. The van der Waals surface area contributed by atoms with Crippen molar-refractivity contribution < 1.29 is 10.0 Å². The SMILES string of the molecule is CC1=NN(c2cccc(Cl)c2)C(=O)C1=NO. The number of carbonyl (C=O) groups excluding carboxylic acids is 1. The van der Waals surface area contributed by atoms with E-state index in [9.17, 15) is 4.79 Å². The van der Waals surface area contributed by atoms with Crippen LogP contribution in [0.15, 0.2) is 34.5 Å². The van der Waals surface area contributed by atoms with Gasteiger partial charge in [-0.1, -0.05) is 22.8 Å². The maximum absolute atomic E-state index is 11.7. The van der Waals surface area contributed by atoms with Crippen LogP contribution in [0.25, 0.3) is 0 Å².